The number of nitrogens with two attached hydrogens (primary N) is 1. The van der Waals surface area contributed by atoms with Gasteiger partial charge in [0.05, 0.1) is 25.1 Å². The fourth-order valence-corrected chi connectivity index (χ4v) is 7.58. The van der Waals surface area contributed by atoms with E-state index in [-0.39, 0.29) is 28.3 Å². The van der Waals surface area contributed by atoms with Crippen LogP contribution in [0.25, 0.3) is 11.2 Å². The van der Waals surface area contributed by atoms with Crippen molar-refractivity contribution in [2.24, 2.45) is 0 Å². The van der Waals surface area contributed by atoms with Gasteiger partial charge in [0.1, 0.15) is 42.4 Å². The second-order valence-corrected chi connectivity index (χ2v) is 14.7. The van der Waals surface area contributed by atoms with Gasteiger partial charge in [-0.3, -0.25) is 22.9 Å². The summed E-state index contributed by atoms with van der Waals surface area (Å²) in [5.74, 6) is -0.328. The smallest absolute Gasteiger partial charge is 0.387 e. The highest BCUT2D eigenvalue weighted by Crippen LogP contribution is 2.61. The molecule has 0 aromatic carbocycles. The van der Waals surface area contributed by atoms with Crippen LogP contribution in [0.3, 0.4) is 0 Å². The Balaban J connectivity index is 1.22. The molecular formula is C22H30N6O17P3+. The molecule has 3 aromatic heterocycles. The van der Waals surface area contributed by atoms with Gasteiger partial charge >= 0.3 is 23.5 Å². The minimum Gasteiger partial charge on any atom is -0.387 e. The number of fused-ring (bicyclic) bond motifs is 1. The molecule has 0 spiro atoms. The average Bonchev–Trinajstić information content (AvgIpc) is 3.64. The Kier molecular flexibility index (Phi) is 10.6. The first-order chi connectivity index (χ1) is 22.4. The van der Waals surface area contributed by atoms with Gasteiger partial charge in [-0.25, -0.2) is 28.6 Å². The van der Waals surface area contributed by atoms with Crippen LogP contribution >= 0.6 is 23.5 Å². The number of phosphoric ester groups is 3. The van der Waals surface area contributed by atoms with Crippen molar-refractivity contribution in [3.05, 3.63) is 42.7 Å². The van der Waals surface area contributed by atoms with Gasteiger partial charge in [0.2, 0.25) is 0 Å². The minimum absolute atomic E-state index is 0.0357. The van der Waals surface area contributed by atoms with E-state index in [2.05, 4.69) is 23.8 Å². The van der Waals surface area contributed by atoms with Crippen molar-refractivity contribution in [1.82, 2.24) is 19.5 Å². The molecule has 0 saturated carbocycles. The van der Waals surface area contributed by atoms with Crippen molar-refractivity contribution in [3.8, 4) is 0 Å². The van der Waals surface area contributed by atoms with Gasteiger partial charge in [-0.2, -0.15) is 8.88 Å². The summed E-state index contributed by atoms with van der Waals surface area (Å²) in [7, 11) is -16.3. The van der Waals surface area contributed by atoms with Crippen LogP contribution in [0.2, 0.25) is 0 Å². The topological polar surface area (TPSA) is 339 Å². The van der Waals surface area contributed by atoms with Crippen LogP contribution in [0, 0.1) is 0 Å². The summed E-state index contributed by atoms with van der Waals surface area (Å²) in [6, 6.07) is 2.99. The third-order valence-electron chi connectivity index (χ3n) is 7.10. The highest BCUT2D eigenvalue weighted by atomic mass is 31.3. The molecule has 0 amide bonds. The number of aromatic nitrogens is 5. The Morgan fingerprint density at radius 2 is 1.65 bits per heavy atom. The fourth-order valence-electron chi connectivity index (χ4n) is 4.91. The van der Waals surface area contributed by atoms with Gasteiger partial charge in [-0.1, -0.05) is 0 Å². The van der Waals surface area contributed by atoms with E-state index in [1.807, 2.05) is 0 Å². The number of nitrogen functional groups attached to an aromatic ring is 1. The molecule has 48 heavy (non-hydrogen) atoms. The second kappa shape index (κ2) is 13.9. The van der Waals surface area contributed by atoms with Gasteiger partial charge in [0.25, 0.3) is 6.23 Å². The quantitative estimate of drug-likeness (QED) is 0.0544. The number of hydrogen-bond donors (Lipinski definition) is 8. The number of aliphatic hydroxyl groups excluding tert-OH is 3. The molecule has 2 fully saturated rings. The summed E-state index contributed by atoms with van der Waals surface area (Å²) < 4.78 is 68.6. The minimum atomic E-state index is -5.55. The van der Waals surface area contributed by atoms with E-state index in [0.717, 1.165) is 17.2 Å². The van der Waals surface area contributed by atoms with E-state index in [1.54, 1.807) is 0 Å². The molecule has 3 aromatic rings. The highest BCUT2D eigenvalue weighted by Gasteiger charge is 2.51. The first-order valence-electron chi connectivity index (χ1n) is 13.6. The number of ether oxygens (including phenoxy) is 2. The van der Waals surface area contributed by atoms with Crippen LogP contribution in [0.4, 0.5) is 5.82 Å². The van der Waals surface area contributed by atoms with Crippen molar-refractivity contribution in [2.45, 2.75) is 56.0 Å². The number of carbonyl (C=O) groups is 1. The van der Waals surface area contributed by atoms with Crippen LogP contribution in [0.1, 0.15) is 29.7 Å². The van der Waals surface area contributed by atoms with Gasteiger partial charge in [0.15, 0.2) is 42.0 Å². The molecule has 5 heterocycles. The predicted octanol–water partition coefficient (Wildman–Crippen LogP) is -1.80. The first-order valence-corrected chi connectivity index (χ1v) is 18.1. The highest BCUT2D eigenvalue weighted by molar-refractivity contribution is 7.61. The summed E-state index contributed by atoms with van der Waals surface area (Å²) >= 11 is 0. The normalized spacial score (nSPS) is 30.3. The number of carbonyl (C=O) groups excluding carboxylic acids is 1. The van der Waals surface area contributed by atoms with Crippen molar-refractivity contribution in [3.63, 3.8) is 0 Å². The predicted molar refractivity (Wildman–Crippen MR) is 152 cm³/mol. The molecule has 2 unspecified atom stereocenters. The summed E-state index contributed by atoms with van der Waals surface area (Å²) in [5.41, 5.74) is 6.15. The van der Waals surface area contributed by atoms with Gasteiger partial charge in [0, 0.05) is 6.07 Å². The monoisotopic (exact) mass is 743 g/mol. The number of rotatable bonds is 13. The largest absolute Gasteiger partial charge is 0.481 e. The van der Waals surface area contributed by atoms with E-state index < -0.39 is 85.8 Å². The van der Waals surface area contributed by atoms with E-state index >= 15 is 0 Å². The number of nitrogens with zero attached hydrogens (tertiary/aromatic N) is 5. The van der Waals surface area contributed by atoms with Gasteiger partial charge in [-0.05, 0) is 13.0 Å². The SMILES string of the molecule is CC(=O)c1ccc[n+]([C@@H]2O[C@H](COP(=O)(O)OP(=O)(O)OC[C@H]3O[C@@H](n4cnc5c(N)ncnc54)[C@H](O)[C@@H]3OP(=O)(O)O)[C@@H](O)[C@H]2O)c1. The van der Waals surface area contributed by atoms with Crippen molar-refractivity contribution >= 4 is 46.2 Å². The number of imidazole rings is 1. The third kappa shape index (κ3) is 8.20. The molecule has 2 aliphatic rings. The molecule has 23 nitrogen and oxygen atoms in total. The zero-order valence-corrected chi connectivity index (χ0v) is 27.0. The zero-order chi connectivity index (χ0) is 35.2. The van der Waals surface area contributed by atoms with E-state index in [1.165, 1.54) is 36.0 Å². The number of anilines is 1. The maximum atomic E-state index is 12.6. The third-order valence-corrected chi connectivity index (χ3v) is 10.2. The number of pyridine rings is 1. The lowest BCUT2D eigenvalue weighted by Gasteiger charge is -2.22. The number of ketones is 1. The van der Waals surface area contributed by atoms with Crippen LogP contribution in [0.15, 0.2) is 37.2 Å². The molecule has 26 heteroatoms. The number of phosphoric acid groups is 3. The average molecular weight is 743 g/mol. The lowest BCUT2D eigenvalue weighted by molar-refractivity contribution is -0.765. The zero-order valence-electron chi connectivity index (χ0n) is 24.4. The van der Waals surface area contributed by atoms with Crippen molar-refractivity contribution < 1.29 is 85.3 Å². The molecule has 0 bridgehead atoms. The van der Waals surface area contributed by atoms with Crippen molar-refractivity contribution in [1.29, 1.82) is 0 Å². The maximum absolute atomic E-state index is 12.6. The molecule has 5 rings (SSSR count). The Morgan fingerprint density at radius 3 is 2.29 bits per heavy atom. The van der Waals surface area contributed by atoms with E-state index in [9.17, 15) is 53.4 Å². The maximum Gasteiger partial charge on any atom is 0.481 e. The van der Waals surface area contributed by atoms with Gasteiger partial charge in [-0.15, -0.1) is 0 Å². The second-order valence-electron chi connectivity index (χ2n) is 10.5. The standard InChI is InChI=1S/C22H29N6O17P3/c1-10(29)11-3-2-4-27(5-11)21-16(31)15(30)12(42-21)6-40-47(36,37)45-48(38,39)41-7-13-18(44-46(33,34)35)17(32)22(43-13)28-9-26-14-19(23)24-8-25-20(14)28/h2-5,8-9,12-13,15-18,21-22,30-32H,6-7H2,1H3,(H5-,23,24,25,33,34,35,36,37,38,39)/p+1/t12-,13-,15-,16-,17-,18-,21-,22-/m1/s1. The molecule has 9 N–H and O–H groups in total. The fraction of sp³-hybridized carbons (Fsp3) is 0.500. The molecule has 0 radical (unpaired) electrons. The molecule has 264 valence electrons. The molecule has 10 atom stereocenters. The Bertz CT molecular complexity index is 1810. The van der Waals surface area contributed by atoms with E-state index in [0.29, 0.717) is 0 Å². The Morgan fingerprint density at radius 1 is 0.979 bits per heavy atom. The van der Waals surface area contributed by atoms with Crippen LogP contribution < -0.4 is 10.3 Å². The summed E-state index contributed by atoms with van der Waals surface area (Å²) in [6.07, 6.45) is -8.01. The number of hydrogen-bond acceptors (Lipinski definition) is 17. The van der Waals surface area contributed by atoms with Crippen molar-refractivity contribution in [2.75, 3.05) is 18.9 Å². The Labute approximate surface area is 268 Å². The molecular weight excluding hydrogens is 713 g/mol. The molecule has 2 aliphatic heterocycles. The summed E-state index contributed by atoms with van der Waals surface area (Å²) in [4.78, 5) is 62.4. The number of aliphatic hydroxyl groups is 3. The van der Waals surface area contributed by atoms with Crippen LogP contribution in [0.5, 0.6) is 0 Å². The number of Topliss-reactive ketones (excluding diaryl/α,β-unsaturated/α-hetero) is 1. The molecule has 2 saturated heterocycles. The summed E-state index contributed by atoms with van der Waals surface area (Å²) in [6.45, 7) is -0.741. The lowest BCUT2D eigenvalue weighted by atomic mass is 10.1. The van der Waals surface area contributed by atoms with Gasteiger partial charge < -0.3 is 50.1 Å². The Hall–Kier alpha value is -2.66. The van der Waals surface area contributed by atoms with Crippen LogP contribution in [-0.4, -0.2) is 110 Å². The van der Waals surface area contributed by atoms with Crippen LogP contribution in [-0.2, 0) is 41.1 Å². The lowest BCUT2D eigenvalue weighted by Crippen LogP contribution is -2.46. The first kappa shape index (κ1) is 36.6. The van der Waals surface area contributed by atoms with E-state index in [4.69, 9.17) is 24.3 Å². The summed E-state index contributed by atoms with van der Waals surface area (Å²) in [5, 5.41) is 31.7. The molecule has 0 aliphatic carbocycles.